The van der Waals surface area contributed by atoms with Crippen LogP contribution >= 0.6 is 22.7 Å². The number of amides is 2. The van der Waals surface area contributed by atoms with Gasteiger partial charge in [-0.05, 0) is 43.5 Å². The van der Waals surface area contributed by atoms with Crippen LogP contribution in [0.15, 0.2) is 36.7 Å². The van der Waals surface area contributed by atoms with Crippen molar-refractivity contribution in [3.8, 4) is 0 Å². The van der Waals surface area contributed by atoms with Gasteiger partial charge in [-0.2, -0.15) is 0 Å². The standard InChI is InChI=1S/C28H34N10O2S2/c1-37(2)21-10-8-19(29-15-21)13-23(39)31-27-35-33-25(41-27)17-6-5-7-18(12-17)26-34-36-28(42-26)32-24(40)14-20-9-11-22(16-30-20)38(3)4/h8-11,15-18H,5-7,12-14H2,1-4H3,(H,31,35,39)(H,32,36,40). The summed E-state index contributed by atoms with van der Waals surface area (Å²) in [4.78, 5) is 37.8. The molecule has 2 amide bonds. The fourth-order valence-electron chi connectivity index (χ4n) is 4.77. The molecule has 0 radical (unpaired) electrons. The van der Waals surface area contributed by atoms with E-state index in [4.69, 9.17) is 0 Å². The SMILES string of the molecule is CN(C)c1ccc(CC(=O)Nc2nnc(C3CCCC(c4nnc(NC(=O)Cc5ccc(N(C)C)cn5)s4)C3)s2)nc1. The van der Waals surface area contributed by atoms with E-state index in [1.807, 2.05) is 62.3 Å². The van der Waals surface area contributed by atoms with Crippen molar-refractivity contribution in [2.24, 2.45) is 0 Å². The number of carbonyl (C=O) groups excluding carboxylic acids is 2. The molecule has 1 fully saturated rings. The molecule has 14 heteroatoms. The second-order valence-electron chi connectivity index (χ2n) is 10.7. The van der Waals surface area contributed by atoms with Crippen LogP contribution in [-0.4, -0.2) is 70.4 Å². The fourth-order valence-corrected chi connectivity index (χ4v) is 6.58. The zero-order chi connectivity index (χ0) is 29.6. The first-order chi connectivity index (χ1) is 20.2. The summed E-state index contributed by atoms with van der Waals surface area (Å²) in [5.74, 6) is 0.110. The highest BCUT2D eigenvalue weighted by Crippen LogP contribution is 2.43. The molecule has 0 spiro atoms. The van der Waals surface area contributed by atoms with Crippen molar-refractivity contribution in [2.45, 2.75) is 50.4 Å². The lowest BCUT2D eigenvalue weighted by Gasteiger charge is -2.25. The van der Waals surface area contributed by atoms with Crippen molar-refractivity contribution in [2.75, 3.05) is 48.6 Å². The van der Waals surface area contributed by atoms with Gasteiger partial charge in [0.15, 0.2) is 0 Å². The second kappa shape index (κ2) is 13.3. The van der Waals surface area contributed by atoms with Gasteiger partial charge in [-0.3, -0.25) is 19.6 Å². The molecular formula is C28H34N10O2S2. The van der Waals surface area contributed by atoms with E-state index in [0.717, 1.165) is 47.1 Å². The number of nitrogens with zero attached hydrogens (tertiary/aromatic N) is 8. The predicted molar refractivity (Wildman–Crippen MR) is 166 cm³/mol. The number of anilines is 4. The van der Waals surface area contributed by atoms with Crippen LogP contribution in [0.2, 0.25) is 0 Å². The Morgan fingerprint density at radius 3 is 1.57 bits per heavy atom. The maximum atomic E-state index is 12.6. The van der Waals surface area contributed by atoms with Gasteiger partial charge >= 0.3 is 0 Å². The lowest BCUT2D eigenvalue weighted by molar-refractivity contribution is -0.116. The largest absolute Gasteiger partial charge is 0.376 e. The maximum Gasteiger partial charge on any atom is 0.232 e. The Morgan fingerprint density at radius 2 is 1.19 bits per heavy atom. The average Bonchev–Trinajstić information content (AvgIpc) is 3.63. The number of hydrogen-bond acceptors (Lipinski definition) is 12. The minimum absolute atomic E-state index is 0.170. The lowest BCUT2D eigenvalue weighted by atomic mass is 9.82. The lowest BCUT2D eigenvalue weighted by Crippen LogP contribution is -2.15. The molecule has 2 N–H and O–H groups in total. The molecule has 4 aromatic rings. The van der Waals surface area contributed by atoms with Crippen LogP contribution in [0.5, 0.6) is 0 Å². The summed E-state index contributed by atoms with van der Waals surface area (Å²) >= 11 is 2.84. The predicted octanol–water partition coefficient (Wildman–Crippen LogP) is 4.12. The van der Waals surface area contributed by atoms with E-state index in [-0.39, 0.29) is 36.5 Å². The molecule has 5 rings (SSSR count). The van der Waals surface area contributed by atoms with Crippen LogP contribution < -0.4 is 20.4 Å². The maximum absolute atomic E-state index is 12.6. The highest BCUT2D eigenvalue weighted by Gasteiger charge is 2.29. The topological polar surface area (TPSA) is 142 Å². The van der Waals surface area contributed by atoms with E-state index < -0.39 is 0 Å². The molecule has 0 aromatic carbocycles. The van der Waals surface area contributed by atoms with Crippen molar-refractivity contribution in [1.82, 2.24) is 30.4 Å². The molecule has 2 unspecified atom stereocenters. The van der Waals surface area contributed by atoms with Crippen LogP contribution in [0, 0.1) is 0 Å². The van der Waals surface area contributed by atoms with Gasteiger partial charge in [-0.1, -0.05) is 29.1 Å². The molecule has 0 saturated heterocycles. The summed E-state index contributed by atoms with van der Waals surface area (Å²) in [5, 5.41) is 25.8. The molecule has 1 saturated carbocycles. The first kappa shape index (κ1) is 29.5. The Bertz CT molecular complexity index is 1390. The number of carbonyl (C=O) groups is 2. The second-order valence-corrected chi connectivity index (χ2v) is 12.7. The Morgan fingerprint density at radius 1 is 0.738 bits per heavy atom. The van der Waals surface area contributed by atoms with Crippen LogP contribution in [0.25, 0.3) is 0 Å². The highest BCUT2D eigenvalue weighted by atomic mass is 32.1. The molecule has 4 aromatic heterocycles. The van der Waals surface area contributed by atoms with E-state index in [1.54, 1.807) is 12.4 Å². The van der Waals surface area contributed by atoms with E-state index >= 15 is 0 Å². The Balaban J connectivity index is 1.12. The van der Waals surface area contributed by atoms with Crippen molar-refractivity contribution in [3.63, 3.8) is 0 Å². The summed E-state index contributed by atoms with van der Waals surface area (Å²) in [6, 6.07) is 7.59. The molecule has 0 bridgehead atoms. The summed E-state index contributed by atoms with van der Waals surface area (Å²) in [7, 11) is 7.79. The van der Waals surface area contributed by atoms with E-state index in [2.05, 4.69) is 41.0 Å². The van der Waals surface area contributed by atoms with E-state index in [0.29, 0.717) is 21.7 Å². The van der Waals surface area contributed by atoms with Gasteiger partial charge in [0.2, 0.25) is 22.1 Å². The van der Waals surface area contributed by atoms with Gasteiger partial charge in [0.25, 0.3) is 0 Å². The number of rotatable bonds is 10. The Hall–Kier alpha value is -4.04. The van der Waals surface area contributed by atoms with Crippen molar-refractivity contribution < 1.29 is 9.59 Å². The molecule has 1 aliphatic carbocycles. The number of aromatic nitrogens is 6. The normalized spacial score (nSPS) is 16.6. The monoisotopic (exact) mass is 606 g/mol. The summed E-state index contributed by atoms with van der Waals surface area (Å²) in [6.45, 7) is 0. The minimum atomic E-state index is -0.172. The van der Waals surface area contributed by atoms with Gasteiger partial charge in [0, 0.05) is 51.4 Å². The van der Waals surface area contributed by atoms with E-state index in [1.165, 1.54) is 22.7 Å². The van der Waals surface area contributed by atoms with Crippen molar-refractivity contribution in [3.05, 3.63) is 58.1 Å². The summed E-state index contributed by atoms with van der Waals surface area (Å²) in [5.41, 5.74) is 3.35. The fraction of sp³-hybridized carbons (Fsp3) is 0.429. The quantitative estimate of drug-likeness (QED) is 0.271. The highest BCUT2D eigenvalue weighted by molar-refractivity contribution is 7.15. The molecular weight excluding hydrogens is 573 g/mol. The molecule has 1 aliphatic rings. The van der Waals surface area contributed by atoms with Crippen molar-refractivity contribution >= 4 is 56.1 Å². The first-order valence-corrected chi connectivity index (χ1v) is 15.4. The minimum Gasteiger partial charge on any atom is -0.376 e. The van der Waals surface area contributed by atoms with Gasteiger partial charge in [-0.25, -0.2) is 0 Å². The number of hydrogen-bond donors (Lipinski definition) is 2. The van der Waals surface area contributed by atoms with Gasteiger partial charge in [0.1, 0.15) is 10.0 Å². The van der Waals surface area contributed by atoms with Crippen LogP contribution in [-0.2, 0) is 22.4 Å². The third-order valence-corrected chi connectivity index (χ3v) is 9.08. The molecule has 12 nitrogen and oxygen atoms in total. The third kappa shape index (κ3) is 7.62. The third-order valence-electron chi connectivity index (χ3n) is 7.08. The zero-order valence-corrected chi connectivity index (χ0v) is 25.7. The number of pyridine rings is 2. The molecule has 42 heavy (non-hydrogen) atoms. The van der Waals surface area contributed by atoms with Crippen LogP contribution in [0.4, 0.5) is 21.6 Å². The van der Waals surface area contributed by atoms with Crippen LogP contribution in [0.1, 0.15) is 58.9 Å². The van der Waals surface area contributed by atoms with Gasteiger partial charge < -0.3 is 20.4 Å². The first-order valence-electron chi connectivity index (χ1n) is 13.7. The Labute approximate surface area is 252 Å². The van der Waals surface area contributed by atoms with Gasteiger partial charge in [-0.15, -0.1) is 20.4 Å². The molecule has 2 atom stereocenters. The molecule has 220 valence electrons. The van der Waals surface area contributed by atoms with E-state index in [9.17, 15) is 9.59 Å². The molecule has 4 heterocycles. The summed E-state index contributed by atoms with van der Waals surface area (Å²) in [6.07, 6.45) is 7.75. The zero-order valence-electron chi connectivity index (χ0n) is 24.1. The summed E-state index contributed by atoms with van der Waals surface area (Å²) < 4.78 is 0. The van der Waals surface area contributed by atoms with Crippen LogP contribution in [0.3, 0.4) is 0 Å². The number of nitrogens with one attached hydrogen (secondary N) is 2. The Kier molecular flexibility index (Phi) is 9.32. The smallest absolute Gasteiger partial charge is 0.232 e. The van der Waals surface area contributed by atoms with Gasteiger partial charge in [0.05, 0.1) is 36.6 Å². The average molecular weight is 607 g/mol. The molecule has 0 aliphatic heterocycles. The van der Waals surface area contributed by atoms with Crippen molar-refractivity contribution in [1.29, 1.82) is 0 Å².